The molecular formula is C16H16ClF2N. The van der Waals surface area contributed by atoms with Gasteiger partial charge in [0.05, 0.1) is 6.04 Å². The minimum Gasteiger partial charge on any atom is -0.306 e. The molecule has 4 heteroatoms. The highest BCUT2D eigenvalue weighted by Gasteiger charge is 2.18. The van der Waals surface area contributed by atoms with Crippen LogP contribution in [0.3, 0.4) is 0 Å². The Morgan fingerprint density at radius 1 is 1.10 bits per heavy atom. The van der Waals surface area contributed by atoms with E-state index in [2.05, 4.69) is 5.32 Å². The van der Waals surface area contributed by atoms with Gasteiger partial charge < -0.3 is 5.32 Å². The molecule has 1 N–H and O–H groups in total. The number of benzene rings is 2. The van der Waals surface area contributed by atoms with Crippen LogP contribution in [0.15, 0.2) is 42.5 Å². The molecule has 0 heterocycles. The van der Waals surface area contributed by atoms with Crippen LogP contribution in [0.4, 0.5) is 8.78 Å². The Hall–Kier alpha value is -1.45. The van der Waals surface area contributed by atoms with Crippen LogP contribution in [0.25, 0.3) is 0 Å². The van der Waals surface area contributed by atoms with Crippen LogP contribution in [0.5, 0.6) is 0 Å². The first-order valence-corrected chi connectivity index (χ1v) is 6.93. The van der Waals surface area contributed by atoms with E-state index in [9.17, 15) is 8.78 Å². The standard InChI is InChI=1S/C16H16ClF2N/c1-2-9-20-16(11-3-5-12(17)6-4-11)14-10-13(18)7-8-15(14)19/h3-8,10,16,20H,2,9H2,1H3. The van der Waals surface area contributed by atoms with Gasteiger partial charge in [0.25, 0.3) is 0 Å². The minimum atomic E-state index is -0.446. The van der Waals surface area contributed by atoms with E-state index in [0.29, 0.717) is 17.1 Å². The Kier molecular flexibility index (Phi) is 5.10. The molecule has 1 atom stereocenters. The second kappa shape index (κ2) is 6.82. The molecule has 2 aromatic carbocycles. The van der Waals surface area contributed by atoms with Crippen LogP contribution >= 0.6 is 11.6 Å². The van der Waals surface area contributed by atoms with Crippen LogP contribution in [-0.2, 0) is 0 Å². The summed E-state index contributed by atoms with van der Waals surface area (Å²) in [5.41, 5.74) is 1.16. The summed E-state index contributed by atoms with van der Waals surface area (Å²) in [5.74, 6) is -0.867. The van der Waals surface area contributed by atoms with Gasteiger partial charge in [0.1, 0.15) is 11.6 Å². The SMILES string of the molecule is CCCNC(c1ccc(Cl)cc1)c1cc(F)ccc1F. The van der Waals surface area contributed by atoms with Crippen molar-refractivity contribution in [2.75, 3.05) is 6.54 Å². The third-order valence-electron chi connectivity index (χ3n) is 3.07. The maximum Gasteiger partial charge on any atom is 0.128 e. The van der Waals surface area contributed by atoms with Crippen molar-refractivity contribution in [1.29, 1.82) is 0 Å². The zero-order valence-electron chi connectivity index (χ0n) is 11.2. The topological polar surface area (TPSA) is 12.0 Å². The molecule has 2 rings (SSSR count). The van der Waals surface area contributed by atoms with Gasteiger partial charge in [-0.2, -0.15) is 0 Å². The van der Waals surface area contributed by atoms with E-state index in [1.807, 2.05) is 19.1 Å². The lowest BCUT2D eigenvalue weighted by atomic mass is 9.98. The van der Waals surface area contributed by atoms with E-state index in [4.69, 9.17) is 11.6 Å². The summed E-state index contributed by atoms with van der Waals surface area (Å²) in [6.07, 6.45) is 0.904. The Morgan fingerprint density at radius 3 is 2.45 bits per heavy atom. The zero-order valence-corrected chi connectivity index (χ0v) is 11.9. The van der Waals surface area contributed by atoms with Crippen molar-refractivity contribution in [3.63, 3.8) is 0 Å². The summed E-state index contributed by atoms with van der Waals surface area (Å²) in [5, 5.41) is 3.85. The molecule has 0 bridgehead atoms. The van der Waals surface area contributed by atoms with Gasteiger partial charge in [0.15, 0.2) is 0 Å². The average Bonchev–Trinajstić information content (AvgIpc) is 2.44. The predicted octanol–water partition coefficient (Wildman–Crippen LogP) is 4.71. The maximum atomic E-state index is 14.0. The van der Waals surface area contributed by atoms with Gasteiger partial charge in [-0.25, -0.2) is 8.78 Å². The number of nitrogens with one attached hydrogen (secondary N) is 1. The van der Waals surface area contributed by atoms with E-state index in [0.717, 1.165) is 24.1 Å². The molecule has 0 aromatic heterocycles. The molecule has 20 heavy (non-hydrogen) atoms. The summed E-state index contributed by atoms with van der Waals surface area (Å²) >= 11 is 5.87. The van der Waals surface area contributed by atoms with Crippen molar-refractivity contribution in [2.45, 2.75) is 19.4 Å². The molecule has 0 amide bonds. The molecule has 0 fully saturated rings. The fourth-order valence-corrected chi connectivity index (χ4v) is 2.21. The highest BCUT2D eigenvalue weighted by atomic mass is 35.5. The lowest BCUT2D eigenvalue weighted by molar-refractivity contribution is 0.535. The molecule has 2 aromatic rings. The first-order chi connectivity index (χ1) is 9.61. The van der Waals surface area contributed by atoms with Gasteiger partial charge in [-0.3, -0.25) is 0 Å². The van der Waals surface area contributed by atoms with Gasteiger partial charge in [-0.05, 0) is 48.9 Å². The van der Waals surface area contributed by atoms with Crippen molar-refractivity contribution in [3.8, 4) is 0 Å². The number of rotatable bonds is 5. The number of halogens is 3. The molecule has 0 saturated heterocycles. The van der Waals surface area contributed by atoms with Crippen LogP contribution in [-0.4, -0.2) is 6.54 Å². The van der Waals surface area contributed by atoms with Crippen molar-refractivity contribution in [1.82, 2.24) is 5.32 Å². The van der Waals surface area contributed by atoms with E-state index >= 15 is 0 Å². The molecule has 0 radical (unpaired) electrons. The number of hydrogen-bond acceptors (Lipinski definition) is 1. The molecule has 0 spiro atoms. The van der Waals surface area contributed by atoms with Crippen LogP contribution in [0.1, 0.15) is 30.5 Å². The van der Waals surface area contributed by atoms with Crippen molar-refractivity contribution >= 4 is 11.6 Å². The predicted molar refractivity (Wildman–Crippen MR) is 77.9 cm³/mol. The lowest BCUT2D eigenvalue weighted by Crippen LogP contribution is -2.24. The fourth-order valence-electron chi connectivity index (χ4n) is 2.09. The van der Waals surface area contributed by atoms with Crippen molar-refractivity contribution in [3.05, 3.63) is 70.2 Å². The van der Waals surface area contributed by atoms with Crippen LogP contribution < -0.4 is 5.32 Å². The summed E-state index contributed by atoms with van der Waals surface area (Å²) in [6, 6.07) is 10.3. The van der Waals surface area contributed by atoms with Gasteiger partial charge in [-0.15, -0.1) is 0 Å². The maximum absolute atomic E-state index is 14.0. The number of hydrogen-bond donors (Lipinski definition) is 1. The molecule has 1 nitrogen and oxygen atoms in total. The second-order valence-corrected chi connectivity index (χ2v) is 5.04. The van der Waals surface area contributed by atoms with Crippen LogP contribution in [0.2, 0.25) is 5.02 Å². The van der Waals surface area contributed by atoms with Crippen molar-refractivity contribution < 1.29 is 8.78 Å². The zero-order chi connectivity index (χ0) is 14.5. The Labute approximate surface area is 122 Å². The normalized spacial score (nSPS) is 12.4. The first-order valence-electron chi connectivity index (χ1n) is 6.55. The first kappa shape index (κ1) is 14.9. The summed E-state index contributed by atoms with van der Waals surface area (Å²) in [7, 11) is 0. The van der Waals surface area contributed by atoms with Crippen molar-refractivity contribution in [2.24, 2.45) is 0 Å². The van der Waals surface area contributed by atoms with E-state index in [-0.39, 0.29) is 6.04 Å². The van der Waals surface area contributed by atoms with Gasteiger partial charge in [0.2, 0.25) is 0 Å². The summed E-state index contributed by atoms with van der Waals surface area (Å²) in [6.45, 7) is 2.73. The molecule has 0 aliphatic carbocycles. The summed E-state index contributed by atoms with van der Waals surface area (Å²) in [4.78, 5) is 0. The quantitative estimate of drug-likeness (QED) is 0.842. The molecular weight excluding hydrogens is 280 g/mol. The third-order valence-corrected chi connectivity index (χ3v) is 3.32. The molecule has 0 aliphatic rings. The lowest BCUT2D eigenvalue weighted by Gasteiger charge is -2.20. The minimum absolute atomic E-state index is 0.306. The largest absolute Gasteiger partial charge is 0.306 e. The Bertz CT molecular complexity index is 569. The highest BCUT2D eigenvalue weighted by molar-refractivity contribution is 6.30. The Balaban J connectivity index is 2.41. The molecule has 1 unspecified atom stereocenters. The van der Waals surface area contributed by atoms with E-state index in [1.165, 1.54) is 6.07 Å². The molecule has 0 saturated carbocycles. The van der Waals surface area contributed by atoms with Gasteiger partial charge in [-0.1, -0.05) is 30.7 Å². The smallest absolute Gasteiger partial charge is 0.128 e. The van der Waals surface area contributed by atoms with E-state index in [1.54, 1.807) is 12.1 Å². The summed E-state index contributed by atoms with van der Waals surface area (Å²) < 4.78 is 27.4. The second-order valence-electron chi connectivity index (χ2n) is 4.60. The van der Waals surface area contributed by atoms with Gasteiger partial charge >= 0.3 is 0 Å². The van der Waals surface area contributed by atoms with E-state index < -0.39 is 11.6 Å². The molecule has 0 aliphatic heterocycles. The Morgan fingerprint density at radius 2 is 1.80 bits per heavy atom. The average molecular weight is 296 g/mol. The monoisotopic (exact) mass is 295 g/mol. The van der Waals surface area contributed by atoms with Gasteiger partial charge in [0, 0.05) is 10.6 Å². The molecule has 106 valence electrons. The van der Waals surface area contributed by atoms with Crippen LogP contribution in [0, 0.1) is 11.6 Å². The fraction of sp³-hybridized carbons (Fsp3) is 0.250. The highest BCUT2D eigenvalue weighted by Crippen LogP contribution is 2.26. The third kappa shape index (κ3) is 3.56.